The molecule has 138 valence electrons. The van der Waals surface area contributed by atoms with E-state index in [4.69, 9.17) is 0 Å². The second kappa shape index (κ2) is 6.15. The van der Waals surface area contributed by atoms with Crippen LogP contribution in [-0.4, -0.2) is 19.7 Å². The average molecular weight is 366 g/mol. The van der Waals surface area contributed by atoms with Crippen molar-refractivity contribution in [3.05, 3.63) is 61.9 Å². The average Bonchev–Trinajstić information content (AvgIpc) is 2.89. The van der Waals surface area contributed by atoms with Crippen LogP contribution in [0.1, 0.15) is 36.7 Å². The van der Waals surface area contributed by atoms with Crippen molar-refractivity contribution in [2.45, 2.75) is 33.0 Å². The molecule has 0 saturated heterocycles. The van der Waals surface area contributed by atoms with Crippen molar-refractivity contribution < 1.29 is 13.2 Å². The standard InChI is InChI=1S/C17H17F3N4O2/c1-8(2)12(10-6-4-9(3)5-7-10)24-14-11(13(23-24)17(18,19)20)15(25)22-16(26)21-14/h4-8,12H,1-3H3,(H2,21,22,25,26). The van der Waals surface area contributed by atoms with Gasteiger partial charge in [0.05, 0.1) is 6.04 Å². The van der Waals surface area contributed by atoms with Crippen molar-refractivity contribution in [1.82, 2.24) is 19.7 Å². The minimum atomic E-state index is -4.83. The Morgan fingerprint density at radius 3 is 2.23 bits per heavy atom. The van der Waals surface area contributed by atoms with E-state index in [1.807, 2.05) is 37.9 Å². The van der Waals surface area contributed by atoms with Crippen LogP contribution in [0.5, 0.6) is 0 Å². The van der Waals surface area contributed by atoms with Crippen molar-refractivity contribution >= 4 is 11.0 Å². The topological polar surface area (TPSA) is 83.5 Å². The Hall–Kier alpha value is -2.84. The zero-order valence-electron chi connectivity index (χ0n) is 14.3. The second-order valence-electron chi connectivity index (χ2n) is 6.52. The number of aryl methyl sites for hydroxylation is 1. The summed E-state index contributed by atoms with van der Waals surface area (Å²) in [4.78, 5) is 27.8. The summed E-state index contributed by atoms with van der Waals surface area (Å²) < 4.78 is 41.3. The quantitative estimate of drug-likeness (QED) is 0.747. The first-order chi connectivity index (χ1) is 12.1. The molecule has 3 aromatic rings. The van der Waals surface area contributed by atoms with Crippen molar-refractivity contribution in [1.29, 1.82) is 0 Å². The number of nitrogens with zero attached hydrogens (tertiary/aromatic N) is 2. The first-order valence-electron chi connectivity index (χ1n) is 7.98. The molecule has 0 amide bonds. The SMILES string of the molecule is Cc1ccc(C(C(C)C)n2nc(C(F)(F)F)c3c(=O)[nH]c(=O)[nH]c32)cc1. The molecule has 3 rings (SSSR count). The zero-order chi connectivity index (χ0) is 19.2. The van der Waals surface area contributed by atoms with Gasteiger partial charge in [0.25, 0.3) is 5.56 Å². The second-order valence-corrected chi connectivity index (χ2v) is 6.52. The fourth-order valence-electron chi connectivity index (χ4n) is 3.05. The van der Waals surface area contributed by atoms with Crippen LogP contribution < -0.4 is 11.2 Å². The van der Waals surface area contributed by atoms with Crippen molar-refractivity contribution in [3.8, 4) is 0 Å². The molecule has 9 heteroatoms. The molecule has 0 aliphatic carbocycles. The number of rotatable bonds is 3. The third kappa shape index (κ3) is 3.04. The molecular formula is C17H17F3N4O2. The van der Waals surface area contributed by atoms with Gasteiger partial charge in [-0.15, -0.1) is 0 Å². The number of halogens is 3. The summed E-state index contributed by atoms with van der Waals surface area (Å²) in [6, 6.07) is 6.69. The Kier molecular flexibility index (Phi) is 4.25. The number of hydrogen-bond donors (Lipinski definition) is 2. The predicted octanol–water partition coefficient (Wildman–Crippen LogP) is 2.99. The van der Waals surface area contributed by atoms with Gasteiger partial charge in [0.1, 0.15) is 11.0 Å². The summed E-state index contributed by atoms with van der Waals surface area (Å²) in [6.45, 7) is 5.56. The molecule has 0 fully saturated rings. The smallest absolute Gasteiger partial charge is 0.291 e. The lowest BCUT2D eigenvalue weighted by Crippen LogP contribution is -2.25. The summed E-state index contributed by atoms with van der Waals surface area (Å²) in [7, 11) is 0. The van der Waals surface area contributed by atoms with Gasteiger partial charge in [0.15, 0.2) is 5.69 Å². The summed E-state index contributed by atoms with van der Waals surface area (Å²) in [5.41, 5.74) is -1.84. The van der Waals surface area contributed by atoms with Crippen LogP contribution in [0.3, 0.4) is 0 Å². The number of aromatic nitrogens is 4. The molecule has 1 aromatic carbocycles. The van der Waals surface area contributed by atoms with Crippen molar-refractivity contribution in [2.24, 2.45) is 5.92 Å². The predicted molar refractivity (Wildman–Crippen MR) is 90.1 cm³/mol. The lowest BCUT2D eigenvalue weighted by molar-refractivity contribution is -0.140. The van der Waals surface area contributed by atoms with E-state index in [2.05, 4.69) is 10.1 Å². The largest absolute Gasteiger partial charge is 0.436 e. The Balaban J connectivity index is 2.37. The maximum Gasteiger partial charge on any atom is 0.436 e. The summed E-state index contributed by atoms with van der Waals surface area (Å²) in [5, 5.41) is 3.01. The molecule has 0 radical (unpaired) electrons. The third-order valence-electron chi connectivity index (χ3n) is 4.18. The van der Waals surface area contributed by atoms with Gasteiger partial charge in [-0.2, -0.15) is 18.3 Å². The maximum atomic E-state index is 13.4. The minimum Gasteiger partial charge on any atom is -0.291 e. The van der Waals surface area contributed by atoms with E-state index in [9.17, 15) is 22.8 Å². The Morgan fingerprint density at radius 1 is 1.08 bits per heavy atom. The highest BCUT2D eigenvalue weighted by molar-refractivity contribution is 5.77. The van der Waals surface area contributed by atoms with E-state index in [0.29, 0.717) is 0 Å². The molecule has 6 nitrogen and oxygen atoms in total. The molecule has 2 N–H and O–H groups in total. The van der Waals surface area contributed by atoms with Gasteiger partial charge in [-0.05, 0) is 18.4 Å². The van der Waals surface area contributed by atoms with Gasteiger partial charge in [0.2, 0.25) is 0 Å². The van der Waals surface area contributed by atoms with Gasteiger partial charge in [-0.1, -0.05) is 43.7 Å². The first kappa shape index (κ1) is 18.0. The molecule has 0 spiro atoms. The normalized spacial score (nSPS) is 13.5. The van der Waals surface area contributed by atoms with Gasteiger partial charge in [-0.25, -0.2) is 9.48 Å². The van der Waals surface area contributed by atoms with Crippen LogP contribution in [0, 0.1) is 12.8 Å². The number of fused-ring (bicyclic) bond motifs is 1. The highest BCUT2D eigenvalue weighted by atomic mass is 19.4. The number of alkyl halides is 3. The lowest BCUT2D eigenvalue weighted by Gasteiger charge is -2.22. The molecule has 1 atom stereocenters. The molecule has 0 aliphatic heterocycles. The lowest BCUT2D eigenvalue weighted by atomic mass is 9.95. The zero-order valence-corrected chi connectivity index (χ0v) is 14.3. The fourth-order valence-corrected chi connectivity index (χ4v) is 3.05. The van der Waals surface area contributed by atoms with E-state index >= 15 is 0 Å². The van der Waals surface area contributed by atoms with Crippen LogP contribution in [0.2, 0.25) is 0 Å². The number of benzene rings is 1. The minimum absolute atomic E-state index is 0.148. The summed E-state index contributed by atoms with van der Waals surface area (Å²) >= 11 is 0. The Labute approximate surface area is 145 Å². The van der Waals surface area contributed by atoms with Crippen LogP contribution in [0.4, 0.5) is 13.2 Å². The third-order valence-corrected chi connectivity index (χ3v) is 4.18. The van der Waals surface area contributed by atoms with Gasteiger partial charge < -0.3 is 0 Å². The molecule has 1 unspecified atom stereocenters. The highest BCUT2D eigenvalue weighted by Crippen LogP contribution is 2.35. The van der Waals surface area contributed by atoms with Crippen LogP contribution in [-0.2, 0) is 6.18 Å². The van der Waals surface area contributed by atoms with E-state index in [1.54, 1.807) is 12.1 Å². The van der Waals surface area contributed by atoms with Gasteiger partial charge >= 0.3 is 11.9 Å². The number of nitrogens with one attached hydrogen (secondary N) is 2. The van der Waals surface area contributed by atoms with Crippen LogP contribution in [0.15, 0.2) is 33.9 Å². The number of aromatic amines is 2. The number of H-pyrrole nitrogens is 2. The molecule has 2 aromatic heterocycles. The Morgan fingerprint density at radius 2 is 1.69 bits per heavy atom. The monoisotopic (exact) mass is 366 g/mol. The molecule has 0 saturated carbocycles. The van der Waals surface area contributed by atoms with Crippen LogP contribution >= 0.6 is 0 Å². The molecular weight excluding hydrogens is 349 g/mol. The number of hydrogen-bond acceptors (Lipinski definition) is 3. The highest BCUT2D eigenvalue weighted by Gasteiger charge is 2.39. The summed E-state index contributed by atoms with van der Waals surface area (Å²) in [6.07, 6.45) is -4.83. The maximum absolute atomic E-state index is 13.4. The molecule has 2 heterocycles. The fraction of sp³-hybridized carbons (Fsp3) is 0.353. The van der Waals surface area contributed by atoms with Crippen LogP contribution in [0.25, 0.3) is 11.0 Å². The van der Waals surface area contributed by atoms with E-state index in [1.165, 1.54) is 0 Å². The van der Waals surface area contributed by atoms with E-state index in [-0.39, 0.29) is 11.6 Å². The van der Waals surface area contributed by atoms with Crippen molar-refractivity contribution in [3.63, 3.8) is 0 Å². The van der Waals surface area contributed by atoms with E-state index in [0.717, 1.165) is 15.8 Å². The van der Waals surface area contributed by atoms with Crippen molar-refractivity contribution in [2.75, 3.05) is 0 Å². The van der Waals surface area contributed by atoms with Gasteiger partial charge in [0, 0.05) is 0 Å². The summed E-state index contributed by atoms with van der Waals surface area (Å²) in [5.74, 6) is -0.148. The molecule has 0 aliphatic rings. The van der Waals surface area contributed by atoms with Gasteiger partial charge in [-0.3, -0.25) is 14.8 Å². The molecule has 26 heavy (non-hydrogen) atoms. The molecule has 0 bridgehead atoms. The first-order valence-corrected chi connectivity index (χ1v) is 7.98. The Bertz CT molecular complexity index is 1060. The van der Waals surface area contributed by atoms with E-state index < -0.39 is 34.5 Å².